The van der Waals surface area contributed by atoms with Crippen molar-refractivity contribution in [2.24, 2.45) is 5.73 Å². The highest BCUT2D eigenvalue weighted by atomic mass is 127. The van der Waals surface area contributed by atoms with E-state index in [2.05, 4.69) is 53.8 Å². The van der Waals surface area contributed by atoms with E-state index in [1.54, 1.807) is 0 Å². The second kappa shape index (κ2) is 4.23. The van der Waals surface area contributed by atoms with Gasteiger partial charge in [-0.1, -0.05) is 19.1 Å². The van der Waals surface area contributed by atoms with E-state index in [0.717, 1.165) is 0 Å². The van der Waals surface area contributed by atoms with Crippen molar-refractivity contribution in [2.75, 3.05) is 0 Å². The average molecular weight is 275 g/mol. The molecule has 12 heavy (non-hydrogen) atoms. The Balaban J connectivity index is 2.82. The second-order valence-corrected chi connectivity index (χ2v) is 4.44. The summed E-state index contributed by atoms with van der Waals surface area (Å²) in [7, 11) is 0. The monoisotopic (exact) mass is 275 g/mol. The van der Waals surface area contributed by atoms with Crippen molar-refractivity contribution in [2.45, 2.75) is 25.8 Å². The highest BCUT2D eigenvalue weighted by molar-refractivity contribution is 14.1. The molecule has 2 atom stereocenters. The van der Waals surface area contributed by atoms with E-state index in [9.17, 15) is 0 Å². The molecule has 0 saturated heterocycles. The Bertz CT molecular complexity index is 241. The van der Waals surface area contributed by atoms with Gasteiger partial charge in [-0.3, -0.25) is 0 Å². The summed E-state index contributed by atoms with van der Waals surface area (Å²) in [5, 5.41) is 0. The summed E-state index contributed by atoms with van der Waals surface area (Å²) < 4.78 is 1.27. The van der Waals surface area contributed by atoms with Crippen LogP contribution in [0.25, 0.3) is 0 Å². The Hall–Kier alpha value is -0.0900. The van der Waals surface area contributed by atoms with Gasteiger partial charge in [0.2, 0.25) is 0 Å². The van der Waals surface area contributed by atoms with Gasteiger partial charge in [-0.2, -0.15) is 0 Å². The first kappa shape index (κ1) is 9.99. The van der Waals surface area contributed by atoms with Crippen LogP contribution in [0, 0.1) is 3.57 Å². The zero-order chi connectivity index (χ0) is 9.14. The van der Waals surface area contributed by atoms with Crippen LogP contribution >= 0.6 is 22.6 Å². The molecule has 0 radical (unpaired) electrons. The first-order valence-electron chi connectivity index (χ1n) is 4.12. The summed E-state index contributed by atoms with van der Waals surface area (Å²) in [6.07, 6.45) is 0. The lowest BCUT2D eigenvalue weighted by molar-refractivity contribution is 0.613. The Kier molecular flexibility index (Phi) is 3.53. The lowest BCUT2D eigenvalue weighted by Gasteiger charge is -2.15. The topological polar surface area (TPSA) is 26.0 Å². The predicted molar refractivity (Wildman–Crippen MR) is 61.2 cm³/mol. The van der Waals surface area contributed by atoms with Gasteiger partial charge >= 0.3 is 0 Å². The third-order valence-corrected chi connectivity index (χ3v) is 2.90. The molecule has 0 fully saturated rings. The Morgan fingerprint density at radius 1 is 1.17 bits per heavy atom. The van der Waals surface area contributed by atoms with E-state index < -0.39 is 0 Å². The van der Waals surface area contributed by atoms with E-state index in [1.807, 2.05) is 6.92 Å². The summed E-state index contributed by atoms with van der Waals surface area (Å²) >= 11 is 2.31. The molecule has 0 aliphatic carbocycles. The SMILES string of the molecule is CC(N)C(C)c1ccc(I)cc1. The molecule has 1 rings (SSSR count). The number of hydrogen-bond acceptors (Lipinski definition) is 1. The minimum atomic E-state index is 0.227. The van der Waals surface area contributed by atoms with Crippen molar-refractivity contribution in [3.63, 3.8) is 0 Å². The molecule has 0 bridgehead atoms. The highest BCUT2D eigenvalue weighted by Crippen LogP contribution is 2.18. The average Bonchev–Trinajstić information content (AvgIpc) is 2.04. The number of benzene rings is 1. The van der Waals surface area contributed by atoms with Gasteiger partial charge < -0.3 is 5.73 Å². The van der Waals surface area contributed by atoms with E-state index >= 15 is 0 Å². The fraction of sp³-hybridized carbons (Fsp3) is 0.400. The third kappa shape index (κ3) is 2.45. The molecule has 0 aliphatic rings. The molecule has 2 N–H and O–H groups in total. The van der Waals surface area contributed by atoms with Crippen molar-refractivity contribution >= 4 is 22.6 Å². The molecule has 2 unspecified atom stereocenters. The van der Waals surface area contributed by atoms with E-state index in [1.165, 1.54) is 9.13 Å². The maximum Gasteiger partial charge on any atom is 0.0130 e. The maximum atomic E-state index is 5.80. The van der Waals surface area contributed by atoms with Crippen molar-refractivity contribution in [3.8, 4) is 0 Å². The first-order chi connectivity index (χ1) is 5.61. The smallest absolute Gasteiger partial charge is 0.0130 e. The molecule has 1 aromatic carbocycles. The van der Waals surface area contributed by atoms with Gasteiger partial charge in [0.15, 0.2) is 0 Å². The third-order valence-electron chi connectivity index (χ3n) is 2.18. The van der Waals surface area contributed by atoms with Crippen LogP contribution in [0.15, 0.2) is 24.3 Å². The fourth-order valence-electron chi connectivity index (χ4n) is 1.07. The molecule has 66 valence electrons. The zero-order valence-electron chi connectivity index (χ0n) is 7.42. The Labute approximate surface area is 87.5 Å². The second-order valence-electron chi connectivity index (χ2n) is 3.20. The van der Waals surface area contributed by atoms with Crippen LogP contribution < -0.4 is 5.73 Å². The molecular weight excluding hydrogens is 261 g/mol. The standard InChI is InChI=1S/C10H14IN/c1-7(8(2)12)9-3-5-10(11)6-4-9/h3-8H,12H2,1-2H3. The van der Waals surface area contributed by atoms with Gasteiger partial charge in [-0.25, -0.2) is 0 Å². The quantitative estimate of drug-likeness (QED) is 0.825. The molecule has 0 spiro atoms. The summed E-state index contributed by atoms with van der Waals surface area (Å²) in [5.41, 5.74) is 7.13. The first-order valence-corrected chi connectivity index (χ1v) is 5.20. The van der Waals surface area contributed by atoms with Crippen molar-refractivity contribution in [1.82, 2.24) is 0 Å². The molecule has 0 aromatic heterocycles. The van der Waals surface area contributed by atoms with Crippen LogP contribution in [-0.4, -0.2) is 6.04 Å². The van der Waals surface area contributed by atoms with Gasteiger partial charge in [-0.15, -0.1) is 0 Å². The van der Waals surface area contributed by atoms with Gasteiger partial charge in [0.05, 0.1) is 0 Å². The van der Waals surface area contributed by atoms with E-state index in [-0.39, 0.29) is 6.04 Å². The van der Waals surface area contributed by atoms with Gasteiger partial charge in [0.25, 0.3) is 0 Å². The Morgan fingerprint density at radius 3 is 2.08 bits per heavy atom. The van der Waals surface area contributed by atoms with Crippen molar-refractivity contribution in [1.29, 1.82) is 0 Å². The summed E-state index contributed by atoms with van der Waals surface area (Å²) in [5.74, 6) is 0.446. The van der Waals surface area contributed by atoms with E-state index in [4.69, 9.17) is 5.73 Å². The van der Waals surface area contributed by atoms with Crippen LogP contribution in [0.2, 0.25) is 0 Å². The fourth-order valence-corrected chi connectivity index (χ4v) is 1.43. The molecule has 0 aliphatic heterocycles. The lowest BCUT2D eigenvalue weighted by atomic mass is 9.95. The molecule has 1 nitrogen and oxygen atoms in total. The maximum absolute atomic E-state index is 5.80. The highest BCUT2D eigenvalue weighted by Gasteiger charge is 2.08. The van der Waals surface area contributed by atoms with E-state index in [0.29, 0.717) is 5.92 Å². The van der Waals surface area contributed by atoms with Gasteiger partial charge in [-0.05, 0) is 53.1 Å². The molecule has 0 amide bonds. The molecule has 1 aromatic rings. The zero-order valence-corrected chi connectivity index (χ0v) is 9.58. The summed E-state index contributed by atoms with van der Waals surface area (Å²) in [6, 6.07) is 8.76. The number of rotatable bonds is 2. The minimum absolute atomic E-state index is 0.227. The number of halogens is 1. The van der Waals surface area contributed by atoms with Crippen LogP contribution in [0.5, 0.6) is 0 Å². The number of hydrogen-bond donors (Lipinski definition) is 1. The van der Waals surface area contributed by atoms with Crippen LogP contribution in [-0.2, 0) is 0 Å². The Morgan fingerprint density at radius 2 is 1.67 bits per heavy atom. The summed E-state index contributed by atoms with van der Waals surface area (Å²) in [6.45, 7) is 4.20. The van der Waals surface area contributed by atoms with Gasteiger partial charge in [0.1, 0.15) is 0 Å². The molecular formula is C10H14IN. The largest absolute Gasteiger partial charge is 0.327 e. The van der Waals surface area contributed by atoms with Crippen molar-refractivity contribution < 1.29 is 0 Å². The molecule has 0 heterocycles. The molecule has 0 saturated carbocycles. The number of nitrogens with two attached hydrogens (primary N) is 1. The molecule has 2 heteroatoms. The van der Waals surface area contributed by atoms with Crippen LogP contribution in [0.3, 0.4) is 0 Å². The minimum Gasteiger partial charge on any atom is -0.327 e. The normalized spacial score (nSPS) is 15.7. The van der Waals surface area contributed by atoms with Crippen LogP contribution in [0.1, 0.15) is 25.3 Å². The summed E-state index contributed by atoms with van der Waals surface area (Å²) in [4.78, 5) is 0. The van der Waals surface area contributed by atoms with Gasteiger partial charge in [0, 0.05) is 9.61 Å². The lowest BCUT2D eigenvalue weighted by Crippen LogP contribution is -2.22. The van der Waals surface area contributed by atoms with Crippen LogP contribution in [0.4, 0.5) is 0 Å². The predicted octanol–water partition coefficient (Wildman–Crippen LogP) is 2.74. The van der Waals surface area contributed by atoms with Crippen molar-refractivity contribution in [3.05, 3.63) is 33.4 Å².